The molecular weight excluding hydrogens is 273 g/mol. The number of pyridine rings is 1. The molecule has 0 bridgehead atoms. The highest BCUT2D eigenvalue weighted by Gasteiger charge is 2.18. The minimum absolute atomic E-state index is 0.0139. The molecule has 0 atom stereocenters. The number of alkyl halides is 2. The maximum atomic E-state index is 13.0. The Labute approximate surface area is 112 Å². The van der Waals surface area contributed by atoms with Crippen LogP contribution in [0.3, 0.4) is 0 Å². The Morgan fingerprint density at radius 3 is 2.80 bits per heavy atom. The molecule has 0 aliphatic heterocycles. The summed E-state index contributed by atoms with van der Waals surface area (Å²) in [6.45, 7) is 0.0661. The van der Waals surface area contributed by atoms with Crippen molar-refractivity contribution in [2.75, 3.05) is 7.11 Å². The predicted octanol–water partition coefficient (Wildman–Crippen LogP) is 2.79. The van der Waals surface area contributed by atoms with E-state index in [2.05, 4.69) is 9.72 Å². The summed E-state index contributed by atoms with van der Waals surface area (Å²) < 4.78 is 44.2. The summed E-state index contributed by atoms with van der Waals surface area (Å²) in [4.78, 5) is 15.0. The van der Waals surface area contributed by atoms with Crippen molar-refractivity contribution in [3.05, 3.63) is 53.4 Å². The van der Waals surface area contributed by atoms with Crippen LogP contribution in [0.25, 0.3) is 0 Å². The maximum absolute atomic E-state index is 13.0. The van der Waals surface area contributed by atoms with Crippen LogP contribution in [-0.4, -0.2) is 22.6 Å². The molecule has 0 N–H and O–H groups in total. The zero-order valence-corrected chi connectivity index (χ0v) is 10.5. The van der Waals surface area contributed by atoms with E-state index in [0.29, 0.717) is 5.56 Å². The van der Waals surface area contributed by atoms with Gasteiger partial charge in [-0.25, -0.2) is 18.6 Å². The molecule has 0 aliphatic carbocycles. The van der Waals surface area contributed by atoms with Crippen LogP contribution in [0, 0.1) is 5.95 Å². The van der Waals surface area contributed by atoms with Crippen LogP contribution in [0.2, 0.25) is 0 Å². The Morgan fingerprint density at radius 2 is 2.20 bits per heavy atom. The molecule has 4 nitrogen and oxygen atoms in total. The summed E-state index contributed by atoms with van der Waals surface area (Å²) in [5, 5.41) is 0. The van der Waals surface area contributed by atoms with Crippen LogP contribution in [0.4, 0.5) is 13.2 Å². The topological polar surface area (TPSA) is 44.1 Å². The average Bonchev–Trinajstić information content (AvgIpc) is 2.82. The first kappa shape index (κ1) is 14.1. The monoisotopic (exact) mass is 284 g/mol. The smallest absolute Gasteiger partial charge is 0.354 e. The first-order chi connectivity index (χ1) is 9.51. The molecule has 20 heavy (non-hydrogen) atoms. The molecule has 0 fully saturated rings. The molecule has 2 heterocycles. The molecule has 0 radical (unpaired) electrons. The quantitative estimate of drug-likeness (QED) is 0.640. The van der Waals surface area contributed by atoms with E-state index >= 15 is 0 Å². The molecule has 0 amide bonds. The fourth-order valence-corrected chi connectivity index (χ4v) is 1.80. The Morgan fingerprint density at radius 1 is 1.45 bits per heavy atom. The van der Waals surface area contributed by atoms with Gasteiger partial charge in [0.25, 0.3) is 6.43 Å². The number of aromatic nitrogens is 2. The summed E-state index contributed by atoms with van der Waals surface area (Å²) in [5.74, 6) is -1.41. The third kappa shape index (κ3) is 2.98. The highest BCUT2D eigenvalue weighted by Crippen LogP contribution is 2.22. The highest BCUT2D eigenvalue weighted by molar-refractivity contribution is 5.88. The number of nitrogens with zero attached hydrogens (tertiary/aromatic N) is 2. The molecule has 2 aromatic heterocycles. The lowest BCUT2D eigenvalue weighted by atomic mass is 10.2. The van der Waals surface area contributed by atoms with Crippen LogP contribution < -0.4 is 0 Å². The van der Waals surface area contributed by atoms with Crippen LogP contribution >= 0.6 is 0 Å². The highest BCUT2D eigenvalue weighted by atomic mass is 19.3. The Kier molecular flexibility index (Phi) is 4.07. The standard InChI is InChI=1S/C13H11F3N2O2/c1-20-13(19)10-5-9(12(15)16)7-18(10)6-8-2-3-17-11(14)4-8/h2-5,7,12H,6H2,1H3. The first-order valence-corrected chi connectivity index (χ1v) is 5.68. The van der Waals surface area contributed by atoms with E-state index in [-0.39, 0.29) is 17.8 Å². The third-order valence-corrected chi connectivity index (χ3v) is 2.71. The van der Waals surface area contributed by atoms with Crippen molar-refractivity contribution < 1.29 is 22.7 Å². The van der Waals surface area contributed by atoms with Gasteiger partial charge in [0.2, 0.25) is 5.95 Å². The van der Waals surface area contributed by atoms with Gasteiger partial charge in [0.15, 0.2) is 0 Å². The number of esters is 1. The van der Waals surface area contributed by atoms with E-state index < -0.39 is 18.3 Å². The van der Waals surface area contributed by atoms with Crippen LogP contribution in [0.1, 0.15) is 28.0 Å². The average molecular weight is 284 g/mol. The second-order valence-electron chi connectivity index (χ2n) is 4.07. The van der Waals surface area contributed by atoms with Crippen LogP contribution in [-0.2, 0) is 11.3 Å². The van der Waals surface area contributed by atoms with Crippen molar-refractivity contribution in [3.8, 4) is 0 Å². The molecule has 0 saturated heterocycles. The van der Waals surface area contributed by atoms with Crippen molar-refractivity contribution in [3.63, 3.8) is 0 Å². The normalized spacial score (nSPS) is 10.8. The zero-order chi connectivity index (χ0) is 14.7. The van der Waals surface area contributed by atoms with Crippen LogP contribution in [0.15, 0.2) is 30.6 Å². The third-order valence-electron chi connectivity index (χ3n) is 2.71. The van der Waals surface area contributed by atoms with E-state index in [0.717, 1.165) is 19.4 Å². The number of ether oxygens (including phenoxy) is 1. The maximum Gasteiger partial charge on any atom is 0.354 e. The lowest BCUT2D eigenvalue weighted by molar-refractivity contribution is 0.0589. The number of rotatable bonds is 4. The largest absolute Gasteiger partial charge is 0.464 e. The lowest BCUT2D eigenvalue weighted by Crippen LogP contribution is -2.10. The number of carbonyl (C=O) groups is 1. The van der Waals surface area contributed by atoms with Gasteiger partial charge in [0.1, 0.15) is 5.69 Å². The van der Waals surface area contributed by atoms with Gasteiger partial charge in [-0.2, -0.15) is 4.39 Å². The molecule has 0 unspecified atom stereocenters. The van der Waals surface area contributed by atoms with E-state index in [1.807, 2.05) is 0 Å². The Bertz CT molecular complexity index is 626. The van der Waals surface area contributed by atoms with Crippen molar-refractivity contribution >= 4 is 5.97 Å². The van der Waals surface area contributed by atoms with Crippen molar-refractivity contribution in [2.45, 2.75) is 13.0 Å². The van der Waals surface area contributed by atoms with Crippen molar-refractivity contribution in [1.82, 2.24) is 9.55 Å². The predicted molar refractivity (Wildman–Crippen MR) is 64.0 cm³/mol. The minimum Gasteiger partial charge on any atom is -0.464 e. The molecular formula is C13H11F3N2O2. The summed E-state index contributed by atoms with van der Waals surface area (Å²) in [6.07, 6.45) is -0.288. The lowest BCUT2D eigenvalue weighted by Gasteiger charge is -2.07. The molecule has 106 valence electrons. The van der Waals surface area contributed by atoms with Gasteiger partial charge in [0, 0.05) is 24.5 Å². The summed E-state index contributed by atoms with van der Waals surface area (Å²) in [7, 11) is 1.16. The minimum atomic E-state index is -2.70. The molecule has 0 spiro atoms. The summed E-state index contributed by atoms with van der Waals surface area (Å²) in [6, 6.07) is 3.77. The number of halogens is 3. The summed E-state index contributed by atoms with van der Waals surface area (Å²) >= 11 is 0. The first-order valence-electron chi connectivity index (χ1n) is 5.68. The Balaban J connectivity index is 2.36. The second-order valence-corrected chi connectivity index (χ2v) is 4.07. The molecule has 0 saturated carbocycles. The molecule has 2 aromatic rings. The van der Waals surface area contributed by atoms with Crippen molar-refractivity contribution in [2.24, 2.45) is 0 Å². The van der Waals surface area contributed by atoms with E-state index in [1.165, 1.54) is 22.9 Å². The molecule has 7 heteroatoms. The zero-order valence-electron chi connectivity index (χ0n) is 10.5. The van der Waals surface area contributed by atoms with E-state index in [1.54, 1.807) is 0 Å². The fraction of sp³-hybridized carbons (Fsp3) is 0.231. The van der Waals surface area contributed by atoms with Gasteiger partial charge in [-0.05, 0) is 23.8 Å². The number of hydrogen-bond acceptors (Lipinski definition) is 3. The molecule has 2 rings (SSSR count). The van der Waals surface area contributed by atoms with E-state index in [9.17, 15) is 18.0 Å². The van der Waals surface area contributed by atoms with Gasteiger partial charge >= 0.3 is 5.97 Å². The molecule has 0 aliphatic rings. The second kappa shape index (κ2) is 5.77. The van der Waals surface area contributed by atoms with Gasteiger partial charge in [-0.15, -0.1) is 0 Å². The fourth-order valence-electron chi connectivity index (χ4n) is 1.80. The van der Waals surface area contributed by atoms with Gasteiger partial charge < -0.3 is 9.30 Å². The molecule has 0 aromatic carbocycles. The number of hydrogen-bond donors (Lipinski definition) is 0. The van der Waals surface area contributed by atoms with Crippen molar-refractivity contribution in [1.29, 1.82) is 0 Å². The summed E-state index contributed by atoms with van der Waals surface area (Å²) in [5.41, 5.74) is 0.194. The van der Waals surface area contributed by atoms with Gasteiger partial charge in [-0.3, -0.25) is 0 Å². The number of methoxy groups -OCH3 is 1. The SMILES string of the molecule is COC(=O)c1cc(C(F)F)cn1Cc1ccnc(F)c1. The van der Waals surface area contributed by atoms with Gasteiger partial charge in [-0.1, -0.05) is 0 Å². The Hall–Kier alpha value is -2.31. The van der Waals surface area contributed by atoms with Gasteiger partial charge in [0.05, 0.1) is 7.11 Å². The van der Waals surface area contributed by atoms with Crippen LogP contribution in [0.5, 0.6) is 0 Å². The number of carbonyl (C=O) groups excluding carboxylic acids is 1. The van der Waals surface area contributed by atoms with E-state index in [4.69, 9.17) is 0 Å².